The van der Waals surface area contributed by atoms with Crippen LogP contribution in [0.25, 0.3) is 10.2 Å². The van der Waals surface area contributed by atoms with Crippen LogP contribution < -0.4 is 19.5 Å². The molecule has 2 heterocycles. The highest BCUT2D eigenvalue weighted by atomic mass is 32.2. The van der Waals surface area contributed by atoms with Crippen LogP contribution in [0.2, 0.25) is 0 Å². The number of ether oxygens (including phenoxy) is 2. The number of para-hydroxylation sites is 1. The minimum absolute atomic E-state index is 0.0731. The van der Waals surface area contributed by atoms with Crippen molar-refractivity contribution in [3.63, 3.8) is 0 Å². The topological polar surface area (TPSA) is 107 Å². The van der Waals surface area contributed by atoms with Crippen LogP contribution in [0.5, 0.6) is 11.5 Å². The summed E-state index contributed by atoms with van der Waals surface area (Å²) in [6.07, 6.45) is 0.858. The maximum Gasteiger partial charge on any atom is 0.262 e. The Hall–Kier alpha value is -3.63. The Balaban J connectivity index is 1.18. The number of fused-ring (bicyclic) bond motifs is 2. The molecule has 2 N–H and O–H groups in total. The molecule has 3 aromatic carbocycles. The van der Waals surface area contributed by atoms with E-state index in [1.807, 2.05) is 24.3 Å². The fourth-order valence-electron chi connectivity index (χ4n) is 3.50. The highest BCUT2D eigenvalue weighted by Gasteiger charge is 2.19. The predicted octanol–water partition coefficient (Wildman–Crippen LogP) is 4.44. The number of aromatic nitrogens is 1. The fraction of sp³-hybridized carbons (Fsp3) is 0.167. The van der Waals surface area contributed by atoms with Crippen LogP contribution in [0.4, 0.5) is 11.4 Å². The Morgan fingerprint density at radius 2 is 1.68 bits per heavy atom. The van der Waals surface area contributed by atoms with Gasteiger partial charge in [-0.3, -0.25) is 9.52 Å². The quantitative estimate of drug-likeness (QED) is 0.393. The lowest BCUT2D eigenvalue weighted by atomic mass is 10.2. The minimum Gasteiger partial charge on any atom is -0.486 e. The first kappa shape index (κ1) is 22.2. The third kappa shape index (κ3) is 4.97. The molecule has 5 rings (SSSR count). The first-order valence-corrected chi connectivity index (χ1v) is 12.9. The van der Waals surface area contributed by atoms with E-state index in [0.717, 1.165) is 15.2 Å². The Kier molecular flexibility index (Phi) is 6.08. The van der Waals surface area contributed by atoms with E-state index in [1.54, 1.807) is 41.7 Å². The molecule has 1 aromatic heterocycles. The molecule has 0 unspecified atom stereocenters. The Morgan fingerprint density at radius 3 is 2.47 bits per heavy atom. The number of aryl methyl sites for hydroxylation is 1. The van der Waals surface area contributed by atoms with E-state index in [2.05, 4.69) is 15.0 Å². The first-order valence-electron chi connectivity index (χ1n) is 10.6. The first-order chi connectivity index (χ1) is 16.5. The van der Waals surface area contributed by atoms with E-state index in [4.69, 9.17) is 9.47 Å². The van der Waals surface area contributed by atoms with Crippen molar-refractivity contribution >= 4 is 48.9 Å². The maximum absolute atomic E-state index is 12.8. The lowest BCUT2D eigenvalue weighted by Crippen LogP contribution is -2.17. The van der Waals surface area contributed by atoms with E-state index >= 15 is 0 Å². The van der Waals surface area contributed by atoms with Crippen LogP contribution >= 0.6 is 11.3 Å². The second-order valence-electron chi connectivity index (χ2n) is 7.61. The van der Waals surface area contributed by atoms with Gasteiger partial charge in [-0.2, -0.15) is 0 Å². The number of benzene rings is 3. The number of thiazole rings is 1. The highest BCUT2D eigenvalue weighted by Crippen LogP contribution is 2.33. The molecule has 34 heavy (non-hydrogen) atoms. The van der Waals surface area contributed by atoms with Crippen molar-refractivity contribution in [3.8, 4) is 11.5 Å². The summed E-state index contributed by atoms with van der Waals surface area (Å²) in [5, 5.41) is 3.75. The average Bonchev–Trinajstić information content (AvgIpc) is 3.27. The molecule has 174 valence electrons. The van der Waals surface area contributed by atoms with Gasteiger partial charge >= 0.3 is 0 Å². The van der Waals surface area contributed by atoms with E-state index in [-0.39, 0.29) is 10.8 Å². The van der Waals surface area contributed by atoms with Crippen molar-refractivity contribution in [2.45, 2.75) is 17.7 Å². The molecule has 0 atom stereocenters. The molecule has 8 nitrogen and oxygen atoms in total. The summed E-state index contributed by atoms with van der Waals surface area (Å²) < 4.78 is 40.0. The molecule has 10 heteroatoms. The zero-order valence-corrected chi connectivity index (χ0v) is 19.6. The molecular weight excluding hydrogens is 474 g/mol. The molecular formula is C24H21N3O5S2. The minimum atomic E-state index is -3.81. The number of hydrogen-bond acceptors (Lipinski definition) is 7. The number of nitrogens with zero attached hydrogens (tertiary/aromatic N) is 1. The lowest BCUT2D eigenvalue weighted by molar-refractivity contribution is -0.116. The van der Waals surface area contributed by atoms with E-state index in [9.17, 15) is 13.2 Å². The van der Waals surface area contributed by atoms with Crippen molar-refractivity contribution in [1.82, 2.24) is 4.98 Å². The summed E-state index contributed by atoms with van der Waals surface area (Å²) in [7, 11) is -3.81. The molecule has 0 radical (unpaired) electrons. The second-order valence-corrected chi connectivity index (χ2v) is 10.4. The SMILES string of the molecule is O=C(CCc1nc2ccccc2s1)Nc1ccc(NS(=O)(=O)c2ccc3c(c2)OCCO3)cc1. The highest BCUT2D eigenvalue weighted by molar-refractivity contribution is 7.92. The Morgan fingerprint density at radius 1 is 0.941 bits per heavy atom. The molecule has 0 spiro atoms. The monoisotopic (exact) mass is 495 g/mol. The molecule has 0 saturated carbocycles. The summed E-state index contributed by atoms with van der Waals surface area (Å²) in [5.74, 6) is 0.787. The Bertz CT molecular complexity index is 1420. The normalized spacial score (nSPS) is 12.9. The van der Waals surface area contributed by atoms with Gasteiger partial charge in [0, 0.05) is 30.3 Å². The van der Waals surface area contributed by atoms with Crippen molar-refractivity contribution in [3.05, 3.63) is 71.7 Å². The smallest absolute Gasteiger partial charge is 0.262 e. The van der Waals surface area contributed by atoms with Gasteiger partial charge in [-0.1, -0.05) is 12.1 Å². The molecule has 0 fully saturated rings. The molecule has 4 aromatic rings. The van der Waals surface area contributed by atoms with Gasteiger partial charge in [-0.15, -0.1) is 11.3 Å². The largest absolute Gasteiger partial charge is 0.486 e. The number of carbonyl (C=O) groups excluding carboxylic acids is 1. The van der Waals surface area contributed by atoms with E-state index in [1.165, 1.54) is 12.1 Å². The molecule has 0 aliphatic carbocycles. The van der Waals surface area contributed by atoms with Crippen LogP contribution in [-0.2, 0) is 21.2 Å². The number of sulfonamides is 1. The number of amides is 1. The van der Waals surface area contributed by atoms with Gasteiger partial charge in [-0.05, 0) is 48.5 Å². The molecule has 1 aliphatic heterocycles. The average molecular weight is 496 g/mol. The number of hydrogen-bond donors (Lipinski definition) is 2. The summed E-state index contributed by atoms with van der Waals surface area (Å²) in [6, 6.07) is 18.9. The van der Waals surface area contributed by atoms with Crippen LogP contribution in [0.3, 0.4) is 0 Å². The predicted molar refractivity (Wildman–Crippen MR) is 131 cm³/mol. The molecule has 0 saturated heterocycles. The van der Waals surface area contributed by atoms with Gasteiger partial charge in [0.1, 0.15) is 13.2 Å². The standard InChI is InChI=1S/C24H21N3O5S2/c28-23(11-12-24-26-19-3-1-2-4-22(19)33-24)25-16-5-7-17(8-6-16)27-34(29,30)18-9-10-20-21(15-18)32-14-13-31-20/h1-10,15,27H,11-14H2,(H,25,28). The zero-order valence-electron chi connectivity index (χ0n) is 18.0. The van der Waals surface area contributed by atoms with Crippen molar-refractivity contribution in [2.75, 3.05) is 23.3 Å². The molecule has 1 amide bonds. The van der Waals surface area contributed by atoms with Crippen molar-refractivity contribution in [2.24, 2.45) is 0 Å². The van der Waals surface area contributed by atoms with Crippen LogP contribution in [0.1, 0.15) is 11.4 Å². The summed E-state index contributed by atoms with van der Waals surface area (Å²) in [4.78, 5) is 17.0. The summed E-state index contributed by atoms with van der Waals surface area (Å²) in [6.45, 7) is 0.805. The zero-order chi connectivity index (χ0) is 23.5. The van der Waals surface area contributed by atoms with Gasteiger partial charge in [0.05, 0.1) is 20.1 Å². The molecule has 0 bridgehead atoms. The van der Waals surface area contributed by atoms with Crippen LogP contribution in [0, 0.1) is 0 Å². The third-order valence-corrected chi connectivity index (χ3v) is 7.62. The molecule has 1 aliphatic rings. The van der Waals surface area contributed by atoms with Gasteiger partial charge in [-0.25, -0.2) is 13.4 Å². The van der Waals surface area contributed by atoms with Crippen molar-refractivity contribution < 1.29 is 22.7 Å². The maximum atomic E-state index is 12.8. The van der Waals surface area contributed by atoms with Gasteiger partial charge in [0.2, 0.25) is 5.91 Å². The fourth-order valence-corrected chi connectivity index (χ4v) is 5.54. The van der Waals surface area contributed by atoms with Gasteiger partial charge in [0.25, 0.3) is 10.0 Å². The lowest BCUT2D eigenvalue weighted by Gasteiger charge is -2.19. The number of anilines is 2. The number of carbonyl (C=O) groups is 1. The van der Waals surface area contributed by atoms with Crippen molar-refractivity contribution in [1.29, 1.82) is 0 Å². The summed E-state index contributed by atoms with van der Waals surface area (Å²) in [5.41, 5.74) is 1.90. The summed E-state index contributed by atoms with van der Waals surface area (Å²) >= 11 is 1.59. The van der Waals surface area contributed by atoms with E-state index in [0.29, 0.717) is 48.9 Å². The number of rotatable bonds is 7. The van der Waals surface area contributed by atoms with Gasteiger partial charge < -0.3 is 14.8 Å². The van der Waals surface area contributed by atoms with Gasteiger partial charge in [0.15, 0.2) is 11.5 Å². The second kappa shape index (κ2) is 9.32. The third-order valence-electron chi connectivity index (χ3n) is 5.15. The Labute approximate surface area is 200 Å². The van der Waals surface area contributed by atoms with Crippen LogP contribution in [-0.4, -0.2) is 32.5 Å². The van der Waals surface area contributed by atoms with E-state index < -0.39 is 10.0 Å². The number of nitrogens with one attached hydrogen (secondary N) is 2. The van der Waals surface area contributed by atoms with Crippen LogP contribution in [0.15, 0.2) is 71.6 Å².